The van der Waals surface area contributed by atoms with E-state index in [4.69, 9.17) is 16.7 Å². The van der Waals surface area contributed by atoms with Crippen molar-refractivity contribution in [2.75, 3.05) is 5.75 Å². The molecule has 1 N–H and O–H groups in total. The summed E-state index contributed by atoms with van der Waals surface area (Å²) < 4.78 is 0. The van der Waals surface area contributed by atoms with E-state index >= 15 is 0 Å². The Bertz CT molecular complexity index is 263. The summed E-state index contributed by atoms with van der Waals surface area (Å²) in [6, 6.07) is 5.65. The van der Waals surface area contributed by atoms with Crippen LogP contribution in [-0.2, 0) is 6.61 Å². The molecule has 0 spiro atoms. The number of benzene rings is 1. The Morgan fingerprint density at radius 3 is 2.75 bits per heavy atom. The Kier molecular flexibility index (Phi) is 3.92. The van der Waals surface area contributed by atoms with Crippen LogP contribution in [-0.4, -0.2) is 10.9 Å². The highest BCUT2D eigenvalue weighted by Crippen LogP contribution is 2.23. The van der Waals surface area contributed by atoms with Crippen LogP contribution in [0.1, 0.15) is 12.5 Å². The summed E-state index contributed by atoms with van der Waals surface area (Å²) in [5.41, 5.74) is 0.874. The molecular weight excluding hydrogens is 192 g/mol. The first-order valence-corrected chi connectivity index (χ1v) is 5.15. The van der Waals surface area contributed by atoms with Gasteiger partial charge in [-0.15, -0.1) is 11.8 Å². The van der Waals surface area contributed by atoms with Crippen molar-refractivity contribution in [1.29, 1.82) is 0 Å². The normalized spacial score (nSPS) is 10.2. The number of hydrogen-bond acceptors (Lipinski definition) is 2. The Labute approximate surface area is 81.7 Å². The summed E-state index contributed by atoms with van der Waals surface area (Å²) >= 11 is 7.56. The predicted octanol–water partition coefficient (Wildman–Crippen LogP) is 2.94. The molecule has 0 unspecified atom stereocenters. The van der Waals surface area contributed by atoms with Gasteiger partial charge in [-0.2, -0.15) is 0 Å². The van der Waals surface area contributed by atoms with E-state index < -0.39 is 0 Å². The van der Waals surface area contributed by atoms with Crippen molar-refractivity contribution in [3.8, 4) is 0 Å². The van der Waals surface area contributed by atoms with Crippen molar-refractivity contribution in [2.45, 2.75) is 18.4 Å². The number of hydrogen-bond donors (Lipinski definition) is 1. The average Bonchev–Trinajstić information content (AvgIpc) is 2.04. The van der Waals surface area contributed by atoms with Crippen LogP contribution < -0.4 is 0 Å². The van der Waals surface area contributed by atoms with E-state index in [2.05, 4.69) is 6.92 Å². The Balaban J connectivity index is 2.90. The van der Waals surface area contributed by atoms with Gasteiger partial charge in [-0.3, -0.25) is 0 Å². The van der Waals surface area contributed by atoms with E-state index in [0.717, 1.165) is 16.2 Å². The van der Waals surface area contributed by atoms with Crippen LogP contribution in [0.2, 0.25) is 5.02 Å². The molecule has 3 heteroatoms. The average molecular weight is 203 g/mol. The largest absolute Gasteiger partial charge is 0.392 e. The van der Waals surface area contributed by atoms with Gasteiger partial charge in [0.1, 0.15) is 0 Å². The lowest BCUT2D eigenvalue weighted by Gasteiger charge is -2.02. The van der Waals surface area contributed by atoms with Crippen LogP contribution in [0.4, 0.5) is 0 Å². The molecule has 0 atom stereocenters. The zero-order valence-electron chi connectivity index (χ0n) is 6.88. The fraction of sp³-hybridized carbons (Fsp3) is 0.333. The number of thioether (sulfide) groups is 1. The molecule has 0 fully saturated rings. The quantitative estimate of drug-likeness (QED) is 0.761. The second-order valence-corrected chi connectivity index (χ2v) is 4.16. The first kappa shape index (κ1) is 9.90. The zero-order chi connectivity index (χ0) is 8.97. The molecule has 1 aromatic rings. The summed E-state index contributed by atoms with van der Waals surface area (Å²) in [6.45, 7) is 2.14. The number of rotatable bonds is 3. The van der Waals surface area contributed by atoms with Crippen molar-refractivity contribution in [3.63, 3.8) is 0 Å². The summed E-state index contributed by atoms with van der Waals surface area (Å²) in [5.74, 6) is 1.02. The van der Waals surface area contributed by atoms with Gasteiger partial charge in [0, 0.05) is 9.92 Å². The van der Waals surface area contributed by atoms with Crippen molar-refractivity contribution < 1.29 is 5.11 Å². The van der Waals surface area contributed by atoms with Crippen LogP contribution in [0, 0.1) is 0 Å². The van der Waals surface area contributed by atoms with Crippen LogP contribution in [0.3, 0.4) is 0 Å². The molecule has 0 bridgehead atoms. The van der Waals surface area contributed by atoms with Gasteiger partial charge in [0.05, 0.1) is 6.61 Å². The molecule has 12 heavy (non-hydrogen) atoms. The highest BCUT2D eigenvalue weighted by molar-refractivity contribution is 7.99. The Hall–Kier alpha value is -0.180. The first-order valence-electron chi connectivity index (χ1n) is 3.79. The molecule has 1 aromatic carbocycles. The molecule has 1 rings (SSSR count). The molecule has 0 aliphatic carbocycles. The molecule has 66 valence electrons. The van der Waals surface area contributed by atoms with Crippen LogP contribution in [0.15, 0.2) is 23.1 Å². The SMILES string of the molecule is CCSc1cc(Cl)cc(CO)c1. The number of aliphatic hydroxyl groups is 1. The molecule has 0 aliphatic rings. The number of aliphatic hydroxyl groups excluding tert-OH is 1. The van der Waals surface area contributed by atoms with Crippen molar-refractivity contribution >= 4 is 23.4 Å². The molecular formula is C9H11ClOS. The lowest BCUT2D eigenvalue weighted by atomic mass is 10.2. The van der Waals surface area contributed by atoms with E-state index in [-0.39, 0.29) is 6.61 Å². The molecule has 0 amide bonds. The molecule has 0 aromatic heterocycles. The van der Waals surface area contributed by atoms with E-state index in [1.54, 1.807) is 17.8 Å². The van der Waals surface area contributed by atoms with Crippen molar-refractivity contribution in [2.24, 2.45) is 0 Å². The summed E-state index contributed by atoms with van der Waals surface area (Å²) in [6.07, 6.45) is 0. The van der Waals surface area contributed by atoms with Crippen molar-refractivity contribution in [3.05, 3.63) is 28.8 Å². The minimum absolute atomic E-state index is 0.0534. The van der Waals surface area contributed by atoms with Gasteiger partial charge in [-0.25, -0.2) is 0 Å². The van der Waals surface area contributed by atoms with Gasteiger partial charge >= 0.3 is 0 Å². The van der Waals surface area contributed by atoms with E-state index in [1.165, 1.54) is 0 Å². The summed E-state index contributed by atoms with van der Waals surface area (Å²) in [7, 11) is 0. The molecule has 0 saturated carbocycles. The summed E-state index contributed by atoms with van der Waals surface area (Å²) in [4.78, 5) is 1.12. The molecule has 0 heterocycles. The van der Waals surface area contributed by atoms with Crippen molar-refractivity contribution in [1.82, 2.24) is 0 Å². The first-order chi connectivity index (χ1) is 5.76. The minimum Gasteiger partial charge on any atom is -0.392 e. The smallest absolute Gasteiger partial charge is 0.0682 e. The second kappa shape index (κ2) is 4.75. The van der Waals surface area contributed by atoms with Gasteiger partial charge in [0.15, 0.2) is 0 Å². The number of halogens is 1. The fourth-order valence-electron chi connectivity index (χ4n) is 0.962. The second-order valence-electron chi connectivity index (χ2n) is 2.39. The standard InChI is InChI=1S/C9H11ClOS/c1-2-12-9-4-7(6-11)3-8(10)5-9/h3-5,11H,2,6H2,1H3. The lowest BCUT2D eigenvalue weighted by molar-refractivity contribution is 0.281. The third kappa shape index (κ3) is 2.70. The van der Waals surface area contributed by atoms with E-state index in [0.29, 0.717) is 5.02 Å². The molecule has 0 radical (unpaired) electrons. The van der Waals surface area contributed by atoms with Crippen LogP contribution in [0.5, 0.6) is 0 Å². The van der Waals surface area contributed by atoms with Gasteiger partial charge < -0.3 is 5.11 Å². The molecule has 1 nitrogen and oxygen atoms in total. The van der Waals surface area contributed by atoms with E-state index in [1.807, 2.05) is 12.1 Å². The monoisotopic (exact) mass is 202 g/mol. The van der Waals surface area contributed by atoms with E-state index in [9.17, 15) is 0 Å². The highest BCUT2D eigenvalue weighted by Gasteiger charge is 1.98. The maximum Gasteiger partial charge on any atom is 0.0682 e. The van der Waals surface area contributed by atoms with Crippen LogP contribution in [0.25, 0.3) is 0 Å². The van der Waals surface area contributed by atoms with Gasteiger partial charge in [-0.05, 0) is 29.5 Å². The topological polar surface area (TPSA) is 20.2 Å². The lowest BCUT2D eigenvalue weighted by Crippen LogP contribution is -1.84. The zero-order valence-corrected chi connectivity index (χ0v) is 8.45. The maximum atomic E-state index is 8.89. The van der Waals surface area contributed by atoms with Gasteiger partial charge in [0.2, 0.25) is 0 Å². The van der Waals surface area contributed by atoms with Gasteiger partial charge in [0.25, 0.3) is 0 Å². The molecule has 0 saturated heterocycles. The minimum atomic E-state index is 0.0534. The fourth-order valence-corrected chi connectivity index (χ4v) is 2.06. The Morgan fingerprint density at radius 1 is 1.42 bits per heavy atom. The predicted molar refractivity (Wildman–Crippen MR) is 53.8 cm³/mol. The molecule has 0 aliphatic heterocycles. The highest BCUT2D eigenvalue weighted by atomic mass is 35.5. The van der Waals surface area contributed by atoms with Crippen LogP contribution >= 0.6 is 23.4 Å². The Morgan fingerprint density at radius 2 is 2.17 bits per heavy atom. The summed E-state index contributed by atoms with van der Waals surface area (Å²) in [5, 5.41) is 9.58. The maximum absolute atomic E-state index is 8.89. The van der Waals surface area contributed by atoms with Gasteiger partial charge in [-0.1, -0.05) is 18.5 Å². The third-order valence-corrected chi connectivity index (χ3v) is 2.50. The third-order valence-electron chi connectivity index (χ3n) is 1.42.